The molecule has 1 fully saturated rings. The molecule has 6 nitrogen and oxygen atoms in total. The first-order chi connectivity index (χ1) is 11.7. The van der Waals surface area contributed by atoms with Crippen LogP contribution in [0.3, 0.4) is 0 Å². The minimum absolute atomic E-state index is 0.139. The van der Waals surface area contributed by atoms with Crippen molar-refractivity contribution in [3.05, 3.63) is 42.4 Å². The minimum Gasteiger partial charge on any atom is -0.497 e. The van der Waals surface area contributed by atoms with Gasteiger partial charge >= 0.3 is 0 Å². The van der Waals surface area contributed by atoms with Gasteiger partial charge in [-0.2, -0.15) is 0 Å². The molecule has 24 heavy (non-hydrogen) atoms. The Labute approximate surface area is 141 Å². The van der Waals surface area contributed by atoms with Crippen LogP contribution in [0.25, 0.3) is 11.3 Å². The van der Waals surface area contributed by atoms with Crippen molar-refractivity contribution in [1.82, 2.24) is 14.9 Å². The molecular weight excluding hydrogens is 306 g/mol. The highest BCUT2D eigenvalue weighted by Gasteiger charge is 2.26. The normalized spacial score (nSPS) is 17.6. The van der Waals surface area contributed by atoms with Gasteiger partial charge in [0.05, 0.1) is 44.0 Å². The molecule has 0 bridgehead atoms. The van der Waals surface area contributed by atoms with Crippen molar-refractivity contribution >= 4 is 5.91 Å². The molecule has 0 spiro atoms. The van der Waals surface area contributed by atoms with Crippen molar-refractivity contribution in [2.75, 3.05) is 26.8 Å². The van der Waals surface area contributed by atoms with Crippen molar-refractivity contribution in [2.45, 2.75) is 19.4 Å². The number of carbonyl (C=O) groups excluding carboxylic acids is 1. The second-order valence-electron chi connectivity index (χ2n) is 5.61. The lowest BCUT2D eigenvalue weighted by Gasteiger charge is -2.32. The number of morpholine rings is 1. The molecular formula is C18H21N3O3. The summed E-state index contributed by atoms with van der Waals surface area (Å²) in [6.45, 7) is 3.53. The van der Waals surface area contributed by atoms with Gasteiger partial charge in [-0.15, -0.1) is 0 Å². The van der Waals surface area contributed by atoms with E-state index in [1.54, 1.807) is 19.5 Å². The van der Waals surface area contributed by atoms with Crippen LogP contribution >= 0.6 is 0 Å². The number of nitrogens with zero attached hydrogens (tertiary/aromatic N) is 3. The Kier molecular flexibility index (Phi) is 5.05. The summed E-state index contributed by atoms with van der Waals surface area (Å²) in [5, 5.41) is 0. The van der Waals surface area contributed by atoms with Gasteiger partial charge in [-0.05, 0) is 12.1 Å². The van der Waals surface area contributed by atoms with Gasteiger partial charge in [-0.1, -0.05) is 19.1 Å². The molecule has 2 aromatic rings. The van der Waals surface area contributed by atoms with Gasteiger partial charge in [0.2, 0.25) is 5.91 Å². The smallest absolute Gasteiger partial charge is 0.222 e. The Morgan fingerprint density at radius 3 is 3.08 bits per heavy atom. The Hall–Kier alpha value is -2.47. The molecule has 0 aliphatic carbocycles. The molecule has 1 aromatic heterocycles. The molecule has 126 valence electrons. The van der Waals surface area contributed by atoms with Crippen LogP contribution in [-0.4, -0.2) is 47.6 Å². The van der Waals surface area contributed by atoms with E-state index in [4.69, 9.17) is 9.47 Å². The number of hydrogen-bond donors (Lipinski definition) is 0. The summed E-state index contributed by atoms with van der Waals surface area (Å²) in [6, 6.07) is 7.69. The first-order valence-electron chi connectivity index (χ1n) is 8.07. The predicted octanol–water partition coefficient (Wildman–Crippen LogP) is 2.46. The van der Waals surface area contributed by atoms with Crippen LogP contribution in [0.4, 0.5) is 0 Å². The topological polar surface area (TPSA) is 64.6 Å². The Balaban J connectivity index is 1.83. The molecule has 0 unspecified atom stereocenters. The average molecular weight is 327 g/mol. The molecule has 3 rings (SSSR count). The zero-order valence-corrected chi connectivity index (χ0v) is 13.9. The molecule has 2 heterocycles. The minimum atomic E-state index is -0.243. The Morgan fingerprint density at radius 2 is 2.29 bits per heavy atom. The lowest BCUT2D eigenvalue weighted by atomic mass is 10.1. The summed E-state index contributed by atoms with van der Waals surface area (Å²) in [5.74, 6) is 0.911. The molecule has 1 amide bonds. The van der Waals surface area contributed by atoms with E-state index in [9.17, 15) is 4.79 Å². The monoisotopic (exact) mass is 327 g/mol. The second-order valence-corrected chi connectivity index (χ2v) is 5.61. The molecule has 1 aromatic carbocycles. The predicted molar refractivity (Wildman–Crippen MR) is 89.6 cm³/mol. The van der Waals surface area contributed by atoms with Crippen molar-refractivity contribution in [2.24, 2.45) is 0 Å². The largest absolute Gasteiger partial charge is 0.497 e. The van der Waals surface area contributed by atoms with Crippen LogP contribution in [0.5, 0.6) is 5.75 Å². The highest BCUT2D eigenvalue weighted by atomic mass is 16.5. The van der Waals surface area contributed by atoms with Crippen LogP contribution in [0, 0.1) is 0 Å². The molecule has 1 aliphatic rings. The number of ether oxygens (including phenoxy) is 2. The third-order valence-electron chi connectivity index (χ3n) is 4.07. The number of methoxy groups -OCH3 is 1. The van der Waals surface area contributed by atoms with E-state index < -0.39 is 0 Å². The van der Waals surface area contributed by atoms with Gasteiger partial charge < -0.3 is 14.4 Å². The Bertz CT molecular complexity index is 720. The average Bonchev–Trinajstić information content (AvgIpc) is 2.67. The first kappa shape index (κ1) is 16.4. The van der Waals surface area contributed by atoms with Crippen LogP contribution in [0.2, 0.25) is 0 Å². The summed E-state index contributed by atoms with van der Waals surface area (Å²) in [7, 11) is 1.64. The Morgan fingerprint density at radius 1 is 1.42 bits per heavy atom. The number of amides is 1. The van der Waals surface area contributed by atoms with Gasteiger partial charge in [-0.3, -0.25) is 9.78 Å². The quantitative estimate of drug-likeness (QED) is 0.863. The summed E-state index contributed by atoms with van der Waals surface area (Å²) < 4.78 is 11.1. The third kappa shape index (κ3) is 3.54. The SMILES string of the molecule is CCC(=O)N1CCO[C@@H](c2cncc(-c3cccc(OC)c3)n2)C1. The summed E-state index contributed by atoms with van der Waals surface area (Å²) in [5.41, 5.74) is 2.43. The van der Waals surface area contributed by atoms with Gasteiger partial charge in [0, 0.05) is 18.5 Å². The highest BCUT2D eigenvalue weighted by molar-refractivity contribution is 5.75. The number of carbonyl (C=O) groups is 1. The van der Waals surface area contributed by atoms with Crippen molar-refractivity contribution < 1.29 is 14.3 Å². The van der Waals surface area contributed by atoms with E-state index in [1.165, 1.54) is 0 Å². The van der Waals surface area contributed by atoms with Crippen LogP contribution in [-0.2, 0) is 9.53 Å². The van der Waals surface area contributed by atoms with E-state index in [0.717, 1.165) is 22.7 Å². The number of benzene rings is 1. The van der Waals surface area contributed by atoms with Crippen molar-refractivity contribution in [3.63, 3.8) is 0 Å². The lowest BCUT2D eigenvalue weighted by Crippen LogP contribution is -2.42. The number of hydrogen-bond acceptors (Lipinski definition) is 5. The molecule has 0 N–H and O–H groups in total. The van der Waals surface area contributed by atoms with Crippen molar-refractivity contribution in [3.8, 4) is 17.0 Å². The summed E-state index contributed by atoms with van der Waals surface area (Å²) in [4.78, 5) is 22.7. The van der Waals surface area contributed by atoms with E-state index in [1.807, 2.05) is 36.1 Å². The fraction of sp³-hybridized carbons (Fsp3) is 0.389. The molecule has 1 saturated heterocycles. The summed E-state index contributed by atoms with van der Waals surface area (Å²) >= 11 is 0. The zero-order chi connectivity index (χ0) is 16.9. The maximum atomic E-state index is 11.9. The first-order valence-corrected chi connectivity index (χ1v) is 8.07. The van der Waals surface area contributed by atoms with E-state index in [0.29, 0.717) is 26.1 Å². The lowest BCUT2D eigenvalue weighted by molar-refractivity contribution is -0.138. The van der Waals surface area contributed by atoms with Crippen molar-refractivity contribution in [1.29, 1.82) is 0 Å². The van der Waals surface area contributed by atoms with Gasteiger partial charge in [0.15, 0.2) is 0 Å². The van der Waals surface area contributed by atoms with E-state index in [2.05, 4.69) is 9.97 Å². The standard InChI is InChI=1S/C18H21N3O3/c1-3-18(22)21-7-8-24-17(12-21)16-11-19-10-15(20-16)13-5-4-6-14(9-13)23-2/h4-6,9-11,17H,3,7-8,12H2,1-2H3/t17-/m1/s1. The van der Waals surface area contributed by atoms with Gasteiger partial charge in [0.1, 0.15) is 11.9 Å². The summed E-state index contributed by atoms with van der Waals surface area (Å²) in [6.07, 6.45) is 3.68. The van der Waals surface area contributed by atoms with Crippen LogP contribution in [0.15, 0.2) is 36.7 Å². The number of rotatable bonds is 4. The van der Waals surface area contributed by atoms with Gasteiger partial charge in [0.25, 0.3) is 0 Å². The maximum Gasteiger partial charge on any atom is 0.222 e. The highest BCUT2D eigenvalue weighted by Crippen LogP contribution is 2.25. The molecule has 0 radical (unpaired) electrons. The molecule has 6 heteroatoms. The fourth-order valence-electron chi connectivity index (χ4n) is 2.74. The zero-order valence-electron chi connectivity index (χ0n) is 13.9. The molecule has 1 aliphatic heterocycles. The van der Waals surface area contributed by atoms with E-state index in [-0.39, 0.29) is 12.0 Å². The van der Waals surface area contributed by atoms with E-state index >= 15 is 0 Å². The van der Waals surface area contributed by atoms with Gasteiger partial charge in [-0.25, -0.2) is 4.98 Å². The van der Waals surface area contributed by atoms with Crippen LogP contribution < -0.4 is 4.74 Å². The molecule has 1 atom stereocenters. The third-order valence-corrected chi connectivity index (χ3v) is 4.07. The maximum absolute atomic E-state index is 11.9. The second kappa shape index (κ2) is 7.40. The number of aromatic nitrogens is 2. The molecule has 0 saturated carbocycles. The van der Waals surface area contributed by atoms with Crippen LogP contribution in [0.1, 0.15) is 25.1 Å². The fourth-order valence-corrected chi connectivity index (χ4v) is 2.74.